The number of imide groups is 1. The molecule has 0 aromatic heterocycles. The van der Waals surface area contributed by atoms with E-state index in [-0.39, 0.29) is 11.1 Å². The summed E-state index contributed by atoms with van der Waals surface area (Å²) in [4.78, 5) is 35.0. The first-order valence-electron chi connectivity index (χ1n) is 7.42. The van der Waals surface area contributed by atoms with Gasteiger partial charge in [-0.25, -0.2) is 9.69 Å². The standard InChI is InChI=1S/C17H15NO9/c19-11-2-1-8(3-14(11)22)7-18(17(26)27)16(25)10-6-12(20)9(4-13(10)21)5-15(23)24/h1-4,6,19-22H,5,7H2,(H,23,24)(H,26,27). The van der Waals surface area contributed by atoms with Gasteiger partial charge in [-0.15, -0.1) is 0 Å². The molecule has 2 amide bonds. The van der Waals surface area contributed by atoms with E-state index in [1.54, 1.807) is 0 Å². The molecule has 0 bridgehead atoms. The molecular formula is C17H15NO9. The highest BCUT2D eigenvalue weighted by atomic mass is 16.4. The van der Waals surface area contributed by atoms with Gasteiger partial charge in [-0.3, -0.25) is 9.59 Å². The lowest BCUT2D eigenvalue weighted by Crippen LogP contribution is -2.35. The number of phenolic OH excluding ortho intramolecular Hbond substituents is 4. The normalized spacial score (nSPS) is 10.4. The van der Waals surface area contributed by atoms with Crippen LogP contribution in [0.4, 0.5) is 4.79 Å². The molecule has 0 saturated carbocycles. The summed E-state index contributed by atoms with van der Waals surface area (Å²) in [5.41, 5.74) is -0.527. The topological polar surface area (TPSA) is 176 Å². The first-order valence-corrected chi connectivity index (χ1v) is 7.42. The predicted octanol–water partition coefficient (Wildman–Crippen LogP) is 1.46. The Morgan fingerprint density at radius 2 is 1.48 bits per heavy atom. The van der Waals surface area contributed by atoms with Crippen LogP contribution in [0.25, 0.3) is 0 Å². The number of aromatic hydroxyl groups is 4. The molecule has 0 radical (unpaired) electrons. The van der Waals surface area contributed by atoms with E-state index in [2.05, 4.69) is 0 Å². The third-order valence-electron chi connectivity index (χ3n) is 3.63. The smallest absolute Gasteiger partial charge is 0.414 e. The van der Waals surface area contributed by atoms with Crippen molar-refractivity contribution in [1.82, 2.24) is 4.90 Å². The van der Waals surface area contributed by atoms with E-state index in [0.717, 1.165) is 24.3 Å². The lowest BCUT2D eigenvalue weighted by molar-refractivity contribution is -0.136. The fraction of sp³-hybridized carbons (Fsp3) is 0.118. The summed E-state index contributed by atoms with van der Waals surface area (Å²) < 4.78 is 0. The van der Waals surface area contributed by atoms with Gasteiger partial charge >= 0.3 is 12.1 Å². The highest BCUT2D eigenvalue weighted by molar-refractivity contribution is 6.04. The van der Waals surface area contributed by atoms with E-state index < -0.39 is 59.5 Å². The molecule has 0 atom stereocenters. The van der Waals surface area contributed by atoms with Gasteiger partial charge in [-0.1, -0.05) is 6.07 Å². The van der Waals surface area contributed by atoms with Crippen molar-refractivity contribution in [2.24, 2.45) is 0 Å². The summed E-state index contributed by atoms with van der Waals surface area (Å²) in [6.45, 7) is -0.515. The molecule has 142 valence electrons. The van der Waals surface area contributed by atoms with Crippen molar-refractivity contribution in [3.63, 3.8) is 0 Å². The second-order valence-electron chi connectivity index (χ2n) is 5.57. The monoisotopic (exact) mass is 377 g/mol. The molecule has 0 aliphatic carbocycles. The van der Waals surface area contributed by atoms with Crippen LogP contribution in [0.15, 0.2) is 30.3 Å². The molecule has 0 saturated heterocycles. The van der Waals surface area contributed by atoms with Gasteiger partial charge < -0.3 is 30.6 Å². The minimum absolute atomic E-state index is 0.151. The number of carbonyl (C=O) groups excluding carboxylic acids is 1. The molecule has 2 aromatic carbocycles. The minimum atomic E-state index is -1.67. The van der Waals surface area contributed by atoms with Gasteiger partial charge in [-0.05, 0) is 29.8 Å². The molecule has 0 aliphatic heterocycles. The maximum absolute atomic E-state index is 12.5. The van der Waals surface area contributed by atoms with Crippen LogP contribution < -0.4 is 0 Å². The zero-order valence-corrected chi connectivity index (χ0v) is 13.7. The molecule has 27 heavy (non-hydrogen) atoms. The maximum atomic E-state index is 12.5. The fourth-order valence-electron chi connectivity index (χ4n) is 2.32. The minimum Gasteiger partial charge on any atom is -0.508 e. The highest BCUT2D eigenvalue weighted by Gasteiger charge is 2.26. The molecule has 10 nitrogen and oxygen atoms in total. The summed E-state index contributed by atoms with van der Waals surface area (Å²) in [7, 11) is 0. The number of carbonyl (C=O) groups is 3. The van der Waals surface area contributed by atoms with Gasteiger partial charge in [0.25, 0.3) is 5.91 Å². The number of hydrogen-bond acceptors (Lipinski definition) is 7. The Morgan fingerprint density at radius 3 is 2.04 bits per heavy atom. The summed E-state index contributed by atoms with van der Waals surface area (Å²) in [6.07, 6.45) is -2.27. The van der Waals surface area contributed by atoms with Gasteiger partial charge in [0.2, 0.25) is 0 Å². The zero-order chi connectivity index (χ0) is 20.3. The van der Waals surface area contributed by atoms with Crippen molar-refractivity contribution in [1.29, 1.82) is 0 Å². The Morgan fingerprint density at radius 1 is 0.815 bits per heavy atom. The number of carboxylic acid groups (broad SMARTS) is 2. The average molecular weight is 377 g/mol. The van der Waals surface area contributed by atoms with E-state index in [9.17, 15) is 39.9 Å². The molecule has 6 N–H and O–H groups in total. The van der Waals surface area contributed by atoms with Crippen molar-refractivity contribution in [2.75, 3.05) is 0 Å². The van der Waals surface area contributed by atoms with Crippen LogP contribution in [-0.2, 0) is 17.8 Å². The Bertz CT molecular complexity index is 923. The van der Waals surface area contributed by atoms with E-state index in [1.165, 1.54) is 6.07 Å². The number of aliphatic carboxylic acids is 1. The van der Waals surface area contributed by atoms with E-state index in [1.807, 2.05) is 0 Å². The van der Waals surface area contributed by atoms with Crippen LogP contribution in [0.3, 0.4) is 0 Å². The molecule has 0 aliphatic rings. The van der Waals surface area contributed by atoms with Gasteiger partial charge in [0.05, 0.1) is 18.5 Å². The number of rotatable bonds is 5. The molecule has 0 spiro atoms. The van der Waals surface area contributed by atoms with Crippen LogP contribution in [0.1, 0.15) is 21.5 Å². The van der Waals surface area contributed by atoms with Crippen molar-refractivity contribution >= 4 is 18.0 Å². The molecule has 0 unspecified atom stereocenters. The highest BCUT2D eigenvalue weighted by Crippen LogP contribution is 2.30. The Labute approximate surface area is 151 Å². The fourth-order valence-corrected chi connectivity index (χ4v) is 2.32. The molecule has 10 heteroatoms. The largest absolute Gasteiger partial charge is 0.508 e. The molecule has 2 rings (SSSR count). The van der Waals surface area contributed by atoms with Gasteiger partial charge in [-0.2, -0.15) is 0 Å². The second-order valence-corrected chi connectivity index (χ2v) is 5.57. The Balaban J connectivity index is 2.36. The molecule has 2 aromatic rings. The number of nitrogens with zero attached hydrogens (tertiary/aromatic N) is 1. The summed E-state index contributed by atoms with van der Waals surface area (Å²) in [6, 6.07) is 5.10. The van der Waals surface area contributed by atoms with E-state index >= 15 is 0 Å². The van der Waals surface area contributed by atoms with Crippen LogP contribution in [-0.4, -0.2) is 53.5 Å². The quantitative estimate of drug-likeness (QED) is 0.332. The SMILES string of the molecule is O=C(O)Cc1cc(O)c(C(=O)N(Cc2ccc(O)c(O)c2)C(=O)O)cc1O. The predicted molar refractivity (Wildman–Crippen MR) is 88.8 cm³/mol. The van der Waals surface area contributed by atoms with Crippen LogP contribution in [0.5, 0.6) is 23.0 Å². The number of phenols is 4. The Hall–Kier alpha value is -3.95. The van der Waals surface area contributed by atoms with Gasteiger partial charge in [0.15, 0.2) is 11.5 Å². The van der Waals surface area contributed by atoms with Crippen LogP contribution >= 0.6 is 0 Å². The molecule has 0 fully saturated rings. The third kappa shape index (κ3) is 4.37. The van der Waals surface area contributed by atoms with Crippen molar-refractivity contribution < 1.29 is 45.0 Å². The molecule has 0 heterocycles. The van der Waals surface area contributed by atoms with Crippen molar-refractivity contribution in [3.8, 4) is 23.0 Å². The summed E-state index contributed by atoms with van der Waals surface area (Å²) in [5.74, 6) is -4.68. The Kier molecular flexibility index (Phi) is 5.40. The number of amides is 2. The van der Waals surface area contributed by atoms with E-state index in [0.29, 0.717) is 4.90 Å². The maximum Gasteiger partial charge on any atom is 0.414 e. The number of hydrogen-bond donors (Lipinski definition) is 6. The lowest BCUT2D eigenvalue weighted by atomic mass is 10.0. The third-order valence-corrected chi connectivity index (χ3v) is 3.63. The summed E-state index contributed by atoms with van der Waals surface area (Å²) in [5, 5.41) is 56.6. The number of benzene rings is 2. The average Bonchev–Trinajstić information content (AvgIpc) is 2.57. The first-order chi connectivity index (χ1) is 12.6. The summed E-state index contributed by atoms with van der Waals surface area (Å²) >= 11 is 0. The lowest BCUT2D eigenvalue weighted by Gasteiger charge is -2.19. The van der Waals surface area contributed by atoms with Crippen LogP contribution in [0, 0.1) is 0 Å². The zero-order valence-electron chi connectivity index (χ0n) is 13.7. The van der Waals surface area contributed by atoms with Crippen molar-refractivity contribution in [2.45, 2.75) is 13.0 Å². The number of carboxylic acids is 1. The van der Waals surface area contributed by atoms with E-state index in [4.69, 9.17) is 5.11 Å². The molecular weight excluding hydrogens is 362 g/mol. The first kappa shape index (κ1) is 19.4. The van der Waals surface area contributed by atoms with Crippen LogP contribution in [0.2, 0.25) is 0 Å². The van der Waals surface area contributed by atoms with Crippen molar-refractivity contribution in [3.05, 3.63) is 47.0 Å². The second kappa shape index (κ2) is 7.52. The van der Waals surface area contributed by atoms with Gasteiger partial charge in [0, 0.05) is 5.56 Å². The van der Waals surface area contributed by atoms with Gasteiger partial charge in [0.1, 0.15) is 11.5 Å².